The Morgan fingerprint density at radius 3 is 2.31 bits per heavy atom. The van der Waals surface area contributed by atoms with Crippen molar-refractivity contribution in [2.24, 2.45) is 0 Å². The number of carbonyl (C=O) groups excluding carboxylic acids is 1. The van der Waals surface area contributed by atoms with Crippen LogP contribution in [0.2, 0.25) is 10.0 Å². The molecule has 0 atom stereocenters. The first-order valence-electron chi connectivity index (χ1n) is 11.1. The molecule has 7 nitrogen and oxygen atoms in total. The van der Waals surface area contributed by atoms with E-state index >= 15 is 0 Å². The number of aryl methyl sites for hydroxylation is 1. The van der Waals surface area contributed by atoms with E-state index in [1.54, 1.807) is 47.1 Å². The summed E-state index contributed by atoms with van der Waals surface area (Å²) in [6, 6.07) is 20.1. The van der Waals surface area contributed by atoms with Gasteiger partial charge in [-0.3, -0.25) is 9.59 Å². The number of hydrogen-bond donors (Lipinski definition) is 2. The number of nitrogens with one attached hydrogen (secondary N) is 1. The summed E-state index contributed by atoms with van der Waals surface area (Å²) in [5.41, 5.74) is 4.87. The van der Waals surface area contributed by atoms with Gasteiger partial charge in [-0.15, -0.1) is 5.10 Å². The van der Waals surface area contributed by atoms with Gasteiger partial charge in [0.25, 0.3) is 5.91 Å². The molecule has 0 bridgehead atoms. The molecule has 36 heavy (non-hydrogen) atoms. The third kappa shape index (κ3) is 6.44. The summed E-state index contributed by atoms with van der Waals surface area (Å²) in [6.07, 6.45) is 1.74. The number of benzene rings is 3. The molecule has 0 radical (unpaired) electrons. The Labute approximate surface area is 218 Å². The fraction of sp³-hybridized carbons (Fsp3) is 0.148. The van der Waals surface area contributed by atoms with Crippen molar-refractivity contribution in [3.63, 3.8) is 0 Å². The molecule has 0 saturated heterocycles. The third-order valence-corrected chi connectivity index (χ3v) is 5.81. The molecule has 0 aliphatic heterocycles. The summed E-state index contributed by atoms with van der Waals surface area (Å²) in [7, 11) is 0. The molecule has 0 fully saturated rings. The highest BCUT2D eigenvalue weighted by Gasteiger charge is 2.15. The second kappa shape index (κ2) is 11.3. The number of halogens is 2. The van der Waals surface area contributed by atoms with Gasteiger partial charge in [-0.25, -0.2) is 4.68 Å². The number of aromatic nitrogens is 2. The summed E-state index contributed by atoms with van der Waals surface area (Å²) < 4.78 is 7.77. The van der Waals surface area contributed by atoms with Crippen LogP contribution in [0.1, 0.15) is 27.9 Å². The lowest BCUT2D eigenvalue weighted by molar-refractivity contribution is -0.136. The Bertz CT molecular complexity index is 1360. The maximum absolute atomic E-state index is 12.2. The van der Waals surface area contributed by atoms with Crippen LogP contribution in [0.25, 0.3) is 16.8 Å². The molecule has 2 N–H and O–H groups in total. The van der Waals surface area contributed by atoms with Crippen LogP contribution in [0.5, 0.6) is 5.88 Å². The van der Waals surface area contributed by atoms with Crippen molar-refractivity contribution in [1.82, 2.24) is 15.1 Å². The normalized spacial score (nSPS) is 10.8. The Balaban J connectivity index is 1.53. The molecule has 0 saturated carbocycles. The molecule has 1 amide bonds. The Morgan fingerprint density at radius 2 is 1.67 bits per heavy atom. The smallest absolute Gasteiger partial charge is 0.305 e. The van der Waals surface area contributed by atoms with Crippen LogP contribution in [0.4, 0.5) is 0 Å². The van der Waals surface area contributed by atoms with Gasteiger partial charge in [0.1, 0.15) is 6.61 Å². The second-order valence-electron chi connectivity index (χ2n) is 8.17. The molecular weight excluding hydrogens is 501 g/mol. The summed E-state index contributed by atoms with van der Waals surface area (Å²) in [5.74, 6) is -0.858. The summed E-state index contributed by atoms with van der Waals surface area (Å²) in [4.78, 5) is 22.8. The van der Waals surface area contributed by atoms with E-state index in [9.17, 15) is 9.59 Å². The molecule has 0 spiro atoms. The monoisotopic (exact) mass is 523 g/mol. The standard InChI is InChI=1S/C27H23Cl2N3O4/c1-17-2-6-19(7-3-17)24-15-32(23-13-21(28)12-22(29)14-23)31-27(24)36-16-18-4-8-20(9-5-18)26(35)30-11-10-25(33)34/h2-9,12-15H,10-11,16H2,1H3,(H,30,35)(H,33,34). The zero-order valence-electron chi connectivity index (χ0n) is 19.4. The number of carbonyl (C=O) groups is 2. The van der Waals surface area contributed by atoms with Crippen molar-refractivity contribution >= 4 is 35.1 Å². The maximum atomic E-state index is 12.2. The summed E-state index contributed by atoms with van der Waals surface area (Å²) in [6.45, 7) is 2.32. The van der Waals surface area contributed by atoms with E-state index in [0.717, 1.165) is 22.3 Å². The van der Waals surface area contributed by atoms with Crippen LogP contribution in [0, 0.1) is 6.92 Å². The van der Waals surface area contributed by atoms with Crippen LogP contribution in [0.3, 0.4) is 0 Å². The lowest BCUT2D eigenvalue weighted by atomic mass is 10.1. The lowest BCUT2D eigenvalue weighted by Gasteiger charge is -2.08. The van der Waals surface area contributed by atoms with E-state index in [0.29, 0.717) is 27.2 Å². The van der Waals surface area contributed by atoms with Gasteiger partial charge in [-0.1, -0.05) is 65.2 Å². The van der Waals surface area contributed by atoms with E-state index in [1.165, 1.54) is 0 Å². The van der Waals surface area contributed by atoms with Crippen molar-refractivity contribution in [3.8, 4) is 22.7 Å². The number of hydrogen-bond acceptors (Lipinski definition) is 4. The Hall–Kier alpha value is -3.81. The second-order valence-corrected chi connectivity index (χ2v) is 9.04. The van der Waals surface area contributed by atoms with Crippen LogP contribution >= 0.6 is 23.2 Å². The average molecular weight is 524 g/mol. The van der Waals surface area contributed by atoms with Crippen molar-refractivity contribution in [1.29, 1.82) is 0 Å². The maximum Gasteiger partial charge on any atom is 0.305 e. The summed E-state index contributed by atoms with van der Waals surface area (Å²) >= 11 is 12.4. The van der Waals surface area contributed by atoms with E-state index in [1.807, 2.05) is 37.4 Å². The van der Waals surface area contributed by atoms with Gasteiger partial charge >= 0.3 is 5.97 Å². The van der Waals surface area contributed by atoms with Crippen LogP contribution in [-0.4, -0.2) is 33.3 Å². The van der Waals surface area contributed by atoms with Crippen LogP contribution in [-0.2, 0) is 11.4 Å². The Kier molecular flexibility index (Phi) is 7.93. The third-order valence-electron chi connectivity index (χ3n) is 5.37. The molecule has 184 valence electrons. The minimum absolute atomic E-state index is 0.0707. The van der Waals surface area contributed by atoms with Gasteiger partial charge in [0.05, 0.1) is 17.7 Å². The van der Waals surface area contributed by atoms with E-state index in [-0.39, 0.29) is 25.5 Å². The molecule has 0 aliphatic rings. The molecular formula is C27H23Cl2N3O4. The first-order chi connectivity index (χ1) is 17.3. The molecule has 0 aliphatic carbocycles. The summed E-state index contributed by atoms with van der Waals surface area (Å²) in [5, 5.41) is 16.9. The highest BCUT2D eigenvalue weighted by molar-refractivity contribution is 6.34. The number of aliphatic carboxylic acids is 1. The molecule has 1 aromatic heterocycles. The van der Waals surface area contributed by atoms with Gasteiger partial charge in [-0.2, -0.15) is 0 Å². The van der Waals surface area contributed by atoms with Crippen LogP contribution in [0.15, 0.2) is 72.9 Å². The predicted molar refractivity (Wildman–Crippen MR) is 139 cm³/mol. The zero-order chi connectivity index (χ0) is 25.7. The van der Waals surface area contributed by atoms with Gasteiger partial charge < -0.3 is 15.2 Å². The molecule has 9 heteroatoms. The largest absolute Gasteiger partial charge is 0.481 e. The number of ether oxygens (including phenoxy) is 1. The highest BCUT2D eigenvalue weighted by atomic mass is 35.5. The minimum Gasteiger partial charge on any atom is -0.481 e. The predicted octanol–water partition coefficient (Wildman–Crippen LogP) is 5.94. The average Bonchev–Trinajstić information content (AvgIpc) is 3.27. The van der Waals surface area contributed by atoms with E-state index in [4.69, 9.17) is 33.0 Å². The topological polar surface area (TPSA) is 93.5 Å². The van der Waals surface area contributed by atoms with E-state index in [2.05, 4.69) is 10.4 Å². The highest BCUT2D eigenvalue weighted by Crippen LogP contribution is 2.32. The van der Waals surface area contributed by atoms with Gasteiger partial charge in [-0.05, 0) is 48.4 Å². The van der Waals surface area contributed by atoms with Gasteiger partial charge in [0.15, 0.2) is 0 Å². The van der Waals surface area contributed by atoms with Crippen molar-refractivity contribution in [2.75, 3.05) is 6.54 Å². The quantitative estimate of drug-likeness (QED) is 0.283. The lowest BCUT2D eigenvalue weighted by Crippen LogP contribution is -2.25. The molecule has 4 aromatic rings. The first kappa shape index (κ1) is 25.3. The first-order valence-corrected chi connectivity index (χ1v) is 11.9. The van der Waals surface area contributed by atoms with Crippen molar-refractivity contribution < 1.29 is 19.4 Å². The number of amides is 1. The van der Waals surface area contributed by atoms with Gasteiger partial charge in [0, 0.05) is 28.4 Å². The van der Waals surface area contributed by atoms with Crippen LogP contribution < -0.4 is 10.1 Å². The fourth-order valence-corrected chi connectivity index (χ4v) is 4.00. The zero-order valence-corrected chi connectivity index (χ0v) is 20.9. The molecule has 3 aromatic carbocycles. The molecule has 0 unspecified atom stereocenters. The number of carboxylic acids is 1. The molecule has 1 heterocycles. The van der Waals surface area contributed by atoms with Crippen molar-refractivity contribution in [2.45, 2.75) is 20.0 Å². The van der Waals surface area contributed by atoms with E-state index < -0.39 is 5.97 Å². The Morgan fingerprint density at radius 1 is 1.00 bits per heavy atom. The van der Waals surface area contributed by atoms with Crippen molar-refractivity contribution in [3.05, 3.63) is 99.7 Å². The number of rotatable bonds is 9. The number of carboxylic acid groups (broad SMARTS) is 1. The minimum atomic E-state index is -0.964. The molecule has 4 rings (SSSR count). The van der Waals surface area contributed by atoms with Gasteiger partial charge in [0.2, 0.25) is 5.88 Å². The number of nitrogens with zero attached hydrogens (tertiary/aromatic N) is 2. The fourth-order valence-electron chi connectivity index (χ4n) is 3.49. The SMILES string of the molecule is Cc1ccc(-c2cn(-c3cc(Cl)cc(Cl)c3)nc2OCc2ccc(C(=O)NCCC(=O)O)cc2)cc1.